The number of hydrogen-bond donors (Lipinski definition) is 2. The highest BCUT2D eigenvalue weighted by atomic mass is 16.3. The van der Waals surface area contributed by atoms with Crippen molar-refractivity contribution in [2.75, 3.05) is 31.2 Å². The highest BCUT2D eigenvalue weighted by Crippen LogP contribution is 2.40. The Morgan fingerprint density at radius 1 is 1.11 bits per heavy atom. The summed E-state index contributed by atoms with van der Waals surface area (Å²) in [6, 6.07) is 6.41. The second kappa shape index (κ2) is 4.75. The standard InChI is InChI=1S/C15H19NO2/c17-9-6-13-12(10-18)5-8-16-7-4-11-2-1-3-14(13)15(11)16/h1-3,17-18H,4-10H2. The molecule has 2 heterocycles. The molecule has 0 aromatic heterocycles. The Hall–Kier alpha value is -1.32. The first-order valence-electron chi connectivity index (χ1n) is 6.65. The van der Waals surface area contributed by atoms with Crippen molar-refractivity contribution in [1.29, 1.82) is 0 Å². The van der Waals surface area contributed by atoms with Gasteiger partial charge in [-0.1, -0.05) is 18.2 Å². The molecule has 2 aliphatic rings. The Labute approximate surface area is 107 Å². The monoisotopic (exact) mass is 245 g/mol. The minimum absolute atomic E-state index is 0.104. The highest BCUT2D eigenvalue weighted by molar-refractivity contribution is 5.83. The maximum Gasteiger partial charge on any atom is 0.0648 e. The van der Waals surface area contributed by atoms with Crippen LogP contribution in [0, 0.1) is 0 Å². The van der Waals surface area contributed by atoms with Gasteiger partial charge in [-0.15, -0.1) is 0 Å². The van der Waals surface area contributed by atoms with E-state index in [2.05, 4.69) is 23.1 Å². The molecule has 0 spiro atoms. The molecule has 3 nitrogen and oxygen atoms in total. The molecule has 0 atom stereocenters. The average Bonchev–Trinajstić information content (AvgIpc) is 2.74. The minimum atomic E-state index is 0.104. The molecule has 3 rings (SSSR count). The van der Waals surface area contributed by atoms with Crippen molar-refractivity contribution in [3.63, 3.8) is 0 Å². The van der Waals surface area contributed by atoms with E-state index in [0.29, 0.717) is 6.42 Å². The SMILES string of the molecule is OCCC1=C(CO)CCN2CCc3cccc1c32. The lowest BCUT2D eigenvalue weighted by Gasteiger charge is -2.19. The number of aliphatic hydroxyl groups is 2. The first-order valence-corrected chi connectivity index (χ1v) is 6.65. The van der Waals surface area contributed by atoms with Crippen LogP contribution in [0.2, 0.25) is 0 Å². The third kappa shape index (κ3) is 1.74. The van der Waals surface area contributed by atoms with Crippen molar-refractivity contribution in [3.05, 3.63) is 34.9 Å². The molecule has 1 aromatic carbocycles. The number of hydrogen-bond acceptors (Lipinski definition) is 3. The van der Waals surface area contributed by atoms with Crippen molar-refractivity contribution in [2.45, 2.75) is 19.3 Å². The van der Waals surface area contributed by atoms with Gasteiger partial charge in [0.15, 0.2) is 0 Å². The molecule has 2 N–H and O–H groups in total. The molecule has 0 saturated heterocycles. The largest absolute Gasteiger partial charge is 0.396 e. The van der Waals surface area contributed by atoms with Gasteiger partial charge in [0.05, 0.1) is 6.61 Å². The molecular formula is C15H19NO2. The summed E-state index contributed by atoms with van der Waals surface area (Å²) < 4.78 is 0. The lowest BCUT2D eigenvalue weighted by atomic mass is 9.94. The van der Waals surface area contributed by atoms with Crippen LogP contribution in [0.1, 0.15) is 24.0 Å². The number of nitrogens with zero attached hydrogens (tertiary/aromatic N) is 1. The zero-order chi connectivity index (χ0) is 12.5. The van der Waals surface area contributed by atoms with Crippen LogP contribution in [0.5, 0.6) is 0 Å². The van der Waals surface area contributed by atoms with E-state index in [4.69, 9.17) is 0 Å². The summed E-state index contributed by atoms with van der Waals surface area (Å²) in [7, 11) is 0. The smallest absolute Gasteiger partial charge is 0.0648 e. The van der Waals surface area contributed by atoms with Crippen LogP contribution in [-0.2, 0) is 6.42 Å². The van der Waals surface area contributed by atoms with Gasteiger partial charge in [-0.3, -0.25) is 0 Å². The summed E-state index contributed by atoms with van der Waals surface area (Å²) in [5.41, 5.74) is 6.21. The third-order valence-corrected chi connectivity index (χ3v) is 4.07. The molecular weight excluding hydrogens is 226 g/mol. The second-order valence-corrected chi connectivity index (χ2v) is 5.01. The van der Waals surface area contributed by atoms with Gasteiger partial charge in [0.25, 0.3) is 0 Å². The van der Waals surface area contributed by atoms with Gasteiger partial charge in [0, 0.05) is 30.9 Å². The van der Waals surface area contributed by atoms with Crippen molar-refractivity contribution >= 4 is 11.3 Å². The van der Waals surface area contributed by atoms with E-state index in [9.17, 15) is 10.2 Å². The van der Waals surface area contributed by atoms with Gasteiger partial charge in [-0.25, -0.2) is 0 Å². The molecule has 1 aromatic rings. The lowest BCUT2D eigenvalue weighted by Crippen LogP contribution is -2.21. The van der Waals surface area contributed by atoms with E-state index in [0.717, 1.165) is 37.1 Å². The fourth-order valence-corrected chi connectivity index (χ4v) is 3.21. The third-order valence-electron chi connectivity index (χ3n) is 4.07. The first kappa shape index (κ1) is 11.8. The number of benzene rings is 1. The van der Waals surface area contributed by atoms with E-state index in [1.165, 1.54) is 16.8 Å². The predicted molar refractivity (Wildman–Crippen MR) is 72.7 cm³/mol. The minimum Gasteiger partial charge on any atom is -0.396 e. The first-order chi connectivity index (χ1) is 8.85. The normalized spacial score (nSPS) is 18.0. The molecule has 18 heavy (non-hydrogen) atoms. The molecule has 2 aliphatic heterocycles. The lowest BCUT2D eigenvalue weighted by molar-refractivity contribution is 0.302. The highest BCUT2D eigenvalue weighted by Gasteiger charge is 2.27. The van der Waals surface area contributed by atoms with E-state index in [-0.39, 0.29) is 13.2 Å². The summed E-state index contributed by atoms with van der Waals surface area (Å²) >= 11 is 0. The van der Waals surface area contributed by atoms with Gasteiger partial charge in [-0.05, 0) is 36.0 Å². The summed E-state index contributed by atoms with van der Waals surface area (Å²) in [5.74, 6) is 0. The van der Waals surface area contributed by atoms with E-state index < -0.39 is 0 Å². The Bertz CT molecular complexity index is 493. The maximum atomic E-state index is 9.55. The zero-order valence-electron chi connectivity index (χ0n) is 10.5. The fourth-order valence-electron chi connectivity index (χ4n) is 3.21. The fraction of sp³-hybridized carbons (Fsp3) is 0.467. The summed E-state index contributed by atoms with van der Waals surface area (Å²) in [4.78, 5) is 2.42. The summed E-state index contributed by atoms with van der Waals surface area (Å²) in [5, 5.41) is 18.8. The number of para-hydroxylation sites is 1. The summed E-state index contributed by atoms with van der Waals surface area (Å²) in [6.07, 6.45) is 2.66. The van der Waals surface area contributed by atoms with Crippen LogP contribution >= 0.6 is 0 Å². The maximum absolute atomic E-state index is 9.55. The van der Waals surface area contributed by atoms with Gasteiger partial charge in [0.2, 0.25) is 0 Å². The van der Waals surface area contributed by atoms with Crippen molar-refractivity contribution in [1.82, 2.24) is 0 Å². The van der Waals surface area contributed by atoms with E-state index in [1.54, 1.807) is 0 Å². The number of aliphatic hydroxyl groups excluding tert-OH is 2. The molecule has 0 aliphatic carbocycles. The molecule has 0 saturated carbocycles. The Balaban J connectivity index is 2.17. The Kier molecular flexibility index (Phi) is 3.10. The zero-order valence-corrected chi connectivity index (χ0v) is 10.5. The van der Waals surface area contributed by atoms with Gasteiger partial charge in [-0.2, -0.15) is 0 Å². The molecule has 0 fully saturated rings. The molecule has 96 valence electrons. The van der Waals surface area contributed by atoms with E-state index >= 15 is 0 Å². The topological polar surface area (TPSA) is 43.7 Å². The predicted octanol–water partition coefficient (Wildman–Crippen LogP) is 1.58. The van der Waals surface area contributed by atoms with Crippen molar-refractivity contribution < 1.29 is 10.2 Å². The quantitative estimate of drug-likeness (QED) is 0.849. The van der Waals surface area contributed by atoms with Crippen molar-refractivity contribution in [3.8, 4) is 0 Å². The van der Waals surface area contributed by atoms with Gasteiger partial charge in [0.1, 0.15) is 0 Å². The molecule has 0 bridgehead atoms. The van der Waals surface area contributed by atoms with E-state index in [1.807, 2.05) is 0 Å². The number of rotatable bonds is 3. The van der Waals surface area contributed by atoms with Gasteiger partial charge >= 0.3 is 0 Å². The van der Waals surface area contributed by atoms with Crippen LogP contribution in [-0.4, -0.2) is 36.5 Å². The molecule has 3 heteroatoms. The van der Waals surface area contributed by atoms with Crippen LogP contribution in [0.3, 0.4) is 0 Å². The second-order valence-electron chi connectivity index (χ2n) is 5.01. The van der Waals surface area contributed by atoms with Crippen LogP contribution < -0.4 is 4.90 Å². The molecule has 0 unspecified atom stereocenters. The molecule has 0 amide bonds. The van der Waals surface area contributed by atoms with Gasteiger partial charge < -0.3 is 15.1 Å². The Morgan fingerprint density at radius 2 is 1.94 bits per heavy atom. The average molecular weight is 245 g/mol. The van der Waals surface area contributed by atoms with Crippen LogP contribution in [0.4, 0.5) is 5.69 Å². The molecule has 0 radical (unpaired) electrons. The Morgan fingerprint density at radius 3 is 2.72 bits per heavy atom. The number of anilines is 1. The van der Waals surface area contributed by atoms with Crippen LogP contribution in [0.15, 0.2) is 23.8 Å². The van der Waals surface area contributed by atoms with Crippen molar-refractivity contribution in [2.24, 2.45) is 0 Å². The van der Waals surface area contributed by atoms with Crippen LogP contribution in [0.25, 0.3) is 5.57 Å². The summed E-state index contributed by atoms with van der Waals surface area (Å²) in [6.45, 7) is 2.31.